The van der Waals surface area contributed by atoms with E-state index in [0.717, 1.165) is 30.6 Å². The number of anilines is 1. The summed E-state index contributed by atoms with van der Waals surface area (Å²) in [5.41, 5.74) is 5.32. The number of pyridine rings is 1. The van der Waals surface area contributed by atoms with Crippen LogP contribution in [0.2, 0.25) is 0 Å². The van der Waals surface area contributed by atoms with Crippen LogP contribution in [0.5, 0.6) is 0 Å². The molecule has 0 spiro atoms. The molecular formula is C22H27FN4O. The first-order chi connectivity index (χ1) is 13.3. The molecule has 1 N–H and O–H groups in total. The number of carbonyl (C=O) groups excluding carboxylic acids is 1. The fourth-order valence-electron chi connectivity index (χ4n) is 4.00. The van der Waals surface area contributed by atoms with Gasteiger partial charge in [-0.3, -0.25) is 9.78 Å². The molecule has 1 unspecified atom stereocenters. The standard InChI is InChI=1S/C22H27FN4O/c1-5-10-27-20-12-19(23)17(11-18(20)15(2)13-22(27,3)4)14-25-26-21(28)16-6-8-24-9-7-16/h6-9,11-12,14-15H,5,10,13H2,1-4H3,(H,26,28)/b25-14-. The van der Waals surface area contributed by atoms with Gasteiger partial charge in [-0.25, -0.2) is 9.82 Å². The van der Waals surface area contributed by atoms with Gasteiger partial charge in [-0.05, 0) is 62.4 Å². The van der Waals surface area contributed by atoms with E-state index >= 15 is 0 Å². The van der Waals surface area contributed by atoms with Crippen molar-refractivity contribution in [2.75, 3.05) is 11.4 Å². The molecule has 2 heterocycles. The van der Waals surface area contributed by atoms with E-state index in [4.69, 9.17) is 0 Å². The average Bonchev–Trinajstić information content (AvgIpc) is 2.66. The maximum atomic E-state index is 14.8. The van der Waals surface area contributed by atoms with Crippen molar-refractivity contribution < 1.29 is 9.18 Å². The fraction of sp³-hybridized carbons (Fsp3) is 0.409. The Morgan fingerprint density at radius 2 is 2.11 bits per heavy atom. The third-order valence-corrected chi connectivity index (χ3v) is 5.26. The molecule has 5 nitrogen and oxygen atoms in total. The van der Waals surface area contributed by atoms with Gasteiger partial charge in [0.25, 0.3) is 5.91 Å². The molecule has 1 aliphatic heterocycles. The first kappa shape index (κ1) is 20.0. The number of nitrogens with zero attached hydrogens (tertiary/aromatic N) is 3. The monoisotopic (exact) mass is 382 g/mol. The highest BCUT2D eigenvalue weighted by atomic mass is 19.1. The quantitative estimate of drug-likeness (QED) is 0.612. The van der Waals surface area contributed by atoms with E-state index in [1.807, 2.05) is 6.07 Å². The Balaban J connectivity index is 1.84. The number of halogens is 1. The number of hydrogen-bond donors (Lipinski definition) is 1. The van der Waals surface area contributed by atoms with Gasteiger partial charge >= 0.3 is 0 Å². The lowest BCUT2D eigenvalue weighted by molar-refractivity contribution is 0.0955. The van der Waals surface area contributed by atoms with Crippen LogP contribution < -0.4 is 10.3 Å². The number of aromatic nitrogens is 1. The predicted molar refractivity (Wildman–Crippen MR) is 110 cm³/mol. The van der Waals surface area contributed by atoms with Gasteiger partial charge in [-0.1, -0.05) is 13.8 Å². The first-order valence-corrected chi connectivity index (χ1v) is 9.68. The molecule has 28 heavy (non-hydrogen) atoms. The molecule has 0 saturated carbocycles. The smallest absolute Gasteiger partial charge is 0.271 e. The number of carbonyl (C=O) groups is 1. The lowest BCUT2D eigenvalue weighted by Crippen LogP contribution is -2.48. The number of hydrazone groups is 1. The van der Waals surface area contributed by atoms with Gasteiger partial charge in [-0.15, -0.1) is 0 Å². The molecule has 1 amide bonds. The van der Waals surface area contributed by atoms with Crippen molar-refractivity contribution in [2.24, 2.45) is 5.10 Å². The van der Waals surface area contributed by atoms with Crippen LogP contribution in [0.15, 0.2) is 41.8 Å². The maximum Gasteiger partial charge on any atom is 0.271 e. The zero-order chi connectivity index (χ0) is 20.3. The summed E-state index contributed by atoms with van der Waals surface area (Å²) in [5, 5.41) is 3.94. The molecule has 0 saturated heterocycles. The van der Waals surface area contributed by atoms with Crippen LogP contribution in [0.25, 0.3) is 0 Å². The van der Waals surface area contributed by atoms with E-state index < -0.39 is 0 Å². The minimum Gasteiger partial charge on any atom is -0.366 e. The van der Waals surface area contributed by atoms with Gasteiger partial charge in [0.1, 0.15) is 5.82 Å². The Morgan fingerprint density at radius 1 is 1.39 bits per heavy atom. The average molecular weight is 382 g/mol. The molecule has 6 heteroatoms. The van der Waals surface area contributed by atoms with Crippen molar-refractivity contribution in [1.29, 1.82) is 0 Å². The predicted octanol–water partition coefficient (Wildman–Crippen LogP) is 4.49. The Morgan fingerprint density at radius 3 is 2.79 bits per heavy atom. The van der Waals surface area contributed by atoms with Crippen LogP contribution in [0.3, 0.4) is 0 Å². The molecule has 0 aliphatic carbocycles. The molecule has 2 aromatic rings. The van der Waals surface area contributed by atoms with Crippen LogP contribution in [0, 0.1) is 5.82 Å². The van der Waals surface area contributed by atoms with Crippen LogP contribution in [0.1, 0.15) is 67.9 Å². The minimum absolute atomic E-state index is 0.0109. The van der Waals surface area contributed by atoms with Crippen LogP contribution in [-0.2, 0) is 0 Å². The second-order valence-electron chi connectivity index (χ2n) is 7.94. The summed E-state index contributed by atoms with van der Waals surface area (Å²) >= 11 is 0. The number of rotatable bonds is 5. The normalized spacial score (nSPS) is 18.2. The minimum atomic E-state index is -0.360. The summed E-state index contributed by atoms with van der Waals surface area (Å²) in [7, 11) is 0. The Kier molecular flexibility index (Phi) is 5.77. The lowest BCUT2D eigenvalue weighted by Gasteiger charge is -2.47. The number of benzene rings is 1. The Labute approximate surface area is 165 Å². The highest BCUT2D eigenvalue weighted by Gasteiger charge is 2.36. The molecule has 0 bridgehead atoms. The van der Waals surface area contributed by atoms with Crippen molar-refractivity contribution in [2.45, 2.75) is 52.0 Å². The van der Waals surface area contributed by atoms with Gasteiger partial charge in [0.05, 0.1) is 6.21 Å². The van der Waals surface area contributed by atoms with E-state index in [1.165, 1.54) is 18.6 Å². The summed E-state index contributed by atoms with van der Waals surface area (Å²) in [6.45, 7) is 9.63. The van der Waals surface area contributed by atoms with Crippen LogP contribution in [0.4, 0.5) is 10.1 Å². The number of hydrogen-bond acceptors (Lipinski definition) is 4. The van der Waals surface area contributed by atoms with E-state index in [0.29, 0.717) is 17.0 Å². The summed E-state index contributed by atoms with van der Waals surface area (Å²) in [4.78, 5) is 18.2. The SMILES string of the molecule is CCCN1c2cc(F)c(/C=N\NC(=O)c3ccncc3)cc2C(C)CC1(C)C. The van der Waals surface area contributed by atoms with Gasteiger partial charge in [-0.2, -0.15) is 5.10 Å². The van der Waals surface area contributed by atoms with Crippen molar-refractivity contribution in [1.82, 2.24) is 10.4 Å². The van der Waals surface area contributed by atoms with Crippen molar-refractivity contribution in [3.63, 3.8) is 0 Å². The molecular weight excluding hydrogens is 355 g/mol. The fourth-order valence-corrected chi connectivity index (χ4v) is 4.00. The van der Waals surface area contributed by atoms with Gasteiger partial charge in [0, 0.05) is 41.3 Å². The van der Waals surface area contributed by atoms with Gasteiger partial charge < -0.3 is 4.90 Å². The van der Waals surface area contributed by atoms with Crippen molar-refractivity contribution in [3.8, 4) is 0 Å². The number of amides is 1. The highest BCUT2D eigenvalue weighted by molar-refractivity contribution is 5.94. The molecule has 1 aromatic heterocycles. The molecule has 3 rings (SSSR count). The summed E-state index contributed by atoms with van der Waals surface area (Å²) in [6, 6.07) is 6.65. The highest BCUT2D eigenvalue weighted by Crippen LogP contribution is 2.44. The largest absolute Gasteiger partial charge is 0.366 e. The summed E-state index contributed by atoms with van der Waals surface area (Å²) < 4.78 is 14.8. The summed E-state index contributed by atoms with van der Waals surface area (Å²) in [6.07, 6.45) is 6.44. The molecule has 0 fully saturated rings. The van der Waals surface area contributed by atoms with Crippen LogP contribution >= 0.6 is 0 Å². The molecule has 1 aliphatic rings. The third kappa shape index (κ3) is 4.06. The molecule has 148 valence electrons. The second kappa shape index (κ2) is 8.09. The zero-order valence-corrected chi connectivity index (χ0v) is 16.9. The zero-order valence-electron chi connectivity index (χ0n) is 16.9. The molecule has 0 radical (unpaired) electrons. The number of nitrogens with one attached hydrogen (secondary N) is 1. The van der Waals surface area contributed by atoms with Gasteiger partial charge in [0.15, 0.2) is 0 Å². The second-order valence-corrected chi connectivity index (χ2v) is 7.94. The third-order valence-electron chi connectivity index (χ3n) is 5.26. The Bertz CT molecular complexity index is 880. The lowest BCUT2D eigenvalue weighted by atomic mass is 9.79. The van der Waals surface area contributed by atoms with Crippen molar-refractivity contribution in [3.05, 3.63) is 59.2 Å². The summed E-state index contributed by atoms with van der Waals surface area (Å²) in [5.74, 6) is -0.384. The van der Waals surface area contributed by atoms with E-state index in [9.17, 15) is 9.18 Å². The first-order valence-electron chi connectivity index (χ1n) is 9.68. The molecule has 1 aromatic carbocycles. The van der Waals surface area contributed by atoms with Gasteiger partial charge in [0.2, 0.25) is 0 Å². The van der Waals surface area contributed by atoms with E-state index in [2.05, 4.69) is 48.1 Å². The van der Waals surface area contributed by atoms with E-state index in [1.54, 1.807) is 18.2 Å². The topological polar surface area (TPSA) is 57.6 Å². The maximum absolute atomic E-state index is 14.8. The number of fused-ring (bicyclic) bond motifs is 1. The molecule has 1 atom stereocenters. The van der Waals surface area contributed by atoms with E-state index in [-0.39, 0.29) is 17.3 Å². The van der Waals surface area contributed by atoms with Crippen LogP contribution in [-0.4, -0.2) is 29.2 Å². The van der Waals surface area contributed by atoms with Crippen molar-refractivity contribution >= 4 is 17.8 Å². The Hall–Kier alpha value is -2.76.